The molecule has 1 aromatic rings. The molecule has 0 spiro atoms. The summed E-state index contributed by atoms with van der Waals surface area (Å²) < 4.78 is 5.33. The van der Waals surface area contributed by atoms with Crippen molar-refractivity contribution in [3.05, 3.63) is 18.2 Å². The molecule has 114 valence electrons. The summed E-state index contributed by atoms with van der Waals surface area (Å²) in [4.78, 5) is 19.4. The van der Waals surface area contributed by atoms with Crippen LogP contribution in [0.5, 0.6) is 5.75 Å². The fourth-order valence-electron chi connectivity index (χ4n) is 2.37. The van der Waals surface area contributed by atoms with Crippen LogP contribution in [0.2, 0.25) is 0 Å². The Morgan fingerprint density at radius 2 is 1.90 bits per heavy atom. The van der Waals surface area contributed by atoms with Crippen LogP contribution in [0.25, 0.3) is 0 Å². The van der Waals surface area contributed by atoms with Crippen molar-refractivity contribution >= 4 is 23.2 Å². The molecule has 0 aliphatic carbocycles. The van der Waals surface area contributed by atoms with Crippen molar-refractivity contribution in [1.29, 1.82) is 0 Å². The summed E-state index contributed by atoms with van der Waals surface area (Å²) in [5.74, 6) is 0.737. The number of amides is 1. The van der Waals surface area contributed by atoms with E-state index in [2.05, 4.69) is 9.89 Å². The summed E-state index contributed by atoms with van der Waals surface area (Å²) in [6.07, 6.45) is 0. The minimum absolute atomic E-state index is 0.00359. The molecule has 1 aliphatic heterocycles. The molecule has 1 heterocycles. The van der Waals surface area contributed by atoms with Crippen LogP contribution in [0, 0.1) is 0 Å². The van der Waals surface area contributed by atoms with Crippen LogP contribution in [-0.4, -0.2) is 50.1 Å². The second-order valence-corrected chi connectivity index (χ2v) is 4.89. The Balaban J connectivity index is 2.15. The molecule has 1 amide bonds. The lowest BCUT2D eigenvalue weighted by Gasteiger charge is -2.35. The first kappa shape index (κ1) is 15.0. The highest BCUT2D eigenvalue weighted by Gasteiger charge is 2.19. The second kappa shape index (κ2) is 6.34. The Morgan fingerprint density at radius 1 is 1.24 bits per heavy atom. The first-order valence-electron chi connectivity index (χ1n) is 6.79. The second-order valence-electron chi connectivity index (χ2n) is 4.89. The number of nitrogens with two attached hydrogens (primary N) is 2. The van der Waals surface area contributed by atoms with E-state index in [1.54, 1.807) is 14.0 Å². The minimum atomic E-state index is -0.00359. The Bertz CT molecular complexity index is 546. The van der Waals surface area contributed by atoms with E-state index in [4.69, 9.17) is 16.2 Å². The molecular formula is C14H21N5O2. The Hall–Kier alpha value is -2.44. The SMILES string of the molecule is COc1cc(N2CCN(C(C)=O)CC2)ccc1N=C(N)N. The van der Waals surface area contributed by atoms with Crippen molar-refractivity contribution < 1.29 is 9.53 Å². The Kier molecular flexibility index (Phi) is 4.52. The van der Waals surface area contributed by atoms with Gasteiger partial charge in [-0.1, -0.05) is 0 Å². The van der Waals surface area contributed by atoms with Crippen LogP contribution in [0.15, 0.2) is 23.2 Å². The van der Waals surface area contributed by atoms with Crippen LogP contribution in [0.4, 0.5) is 11.4 Å². The zero-order valence-electron chi connectivity index (χ0n) is 12.4. The van der Waals surface area contributed by atoms with Gasteiger partial charge in [0.2, 0.25) is 5.91 Å². The van der Waals surface area contributed by atoms with Crippen LogP contribution in [0.3, 0.4) is 0 Å². The highest BCUT2D eigenvalue weighted by atomic mass is 16.5. The number of ether oxygens (including phenoxy) is 1. The molecular weight excluding hydrogens is 270 g/mol. The van der Waals surface area contributed by atoms with Gasteiger partial charge in [-0.3, -0.25) is 4.79 Å². The number of benzene rings is 1. The van der Waals surface area contributed by atoms with Crippen molar-refractivity contribution in [1.82, 2.24) is 4.90 Å². The summed E-state index contributed by atoms with van der Waals surface area (Å²) >= 11 is 0. The molecule has 1 saturated heterocycles. The van der Waals surface area contributed by atoms with E-state index in [1.165, 1.54) is 0 Å². The van der Waals surface area contributed by atoms with E-state index in [9.17, 15) is 4.79 Å². The predicted molar refractivity (Wildman–Crippen MR) is 82.9 cm³/mol. The molecule has 0 radical (unpaired) electrons. The van der Waals surface area contributed by atoms with E-state index in [1.807, 2.05) is 23.1 Å². The summed E-state index contributed by atoms with van der Waals surface area (Å²) in [5.41, 5.74) is 12.4. The van der Waals surface area contributed by atoms with Crippen LogP contribution in [-0.2, 0) is 4.79 Å². The van der Waals surface area contributed by atoms with Crippen molar-refractivity contribution in [3.63, 3.8) is 0 Å². The maximum absolute atomic E-state index is 11.3. The fourth-order valence-corrected chi connectivity index (χ4v) is 2.37. The van der Waals surface area contributed by atoms with Gasteiger partial charge in [-0.2, -0.15) is 0 Å². The molecule has 7 nitrogen and oxygen atoms in total. The maximum atomic E-state index is 11.3. The van der Waals surface area contributed by atoms with Gasteiger partial charge in [-0.05, 0) is 12.1 Å². The van der Waals surface area contributed by atoms with Gasteiger partial charge < -0.3 is 26.0 Å². The Labute approximate surface area is 124 Å². The molecule has 0 bridgehead atoms. The highest BCUT2D eigenvalue weighted by Crippen LogP contribution is 2.32. The first-order chi connectivity index (χ1) is 10.0. The van der Waals surface area contributed by atoms with E-state index in [-0.39, 0.29) is 11.9 Å². The number of hydrogen-bond acceptors (Lipinski definition) is 4. The molecule has 4 N–H and O–H groups in total. The van der Waals surface area contributed by atoms with Crippen LogP contribution >= 0.6 is 0 Å². The lowest BCUT2D eigenvalue weighted by atomic mass is 10.2. The molecule has 0 unspecified atom stereocenters. The third-order valence-electron chi connectivity index (χ3n) is 3.50. The van der Waals surface area contributed by atoms with Crippen molar-refractivity contribution in [2.24, 2.45) is 16.5 Å². The third kappa shape index (κ3) is 3.56. The van der Waals surface area contributed by atoms with Gasteiger partial charge in [0.05, 0.1) is 7.11 Å². The zero-order chi connectivity index (χ0) is 15.4. The summed E-state index contributed by atoms with van der Waals surface area (Å²) in [6.45, 7) is 4.65. The van der Waals surface area contributed by atoms with E-state index >= 15 is 0 Å². The predicted octanol–water partition coefficient (Wildman–Crippen LogP) is 0.269. The molecule has 0 atom stereocenters. The number of aliphatic imine (C=N–C) groups is 1. The number of rotatable bonds is 3. The Morgan fingerprint density at radius 3 is 2.43 bits per heavy atom. The quantitative estimate of drug-likeness (QED) is 0.615. The first-order valence-corrected chi connectivity index (χ1v) is 6.79. The normalized spacial score (nSPS) is 14.8. The van der Waals surface area contributed by atoms with Crippen molar-refractivity contribution in [2.75, 3.05) is 38.2 Å². The van der Waals surface area contributed by atoms with Gasteiger partial charge in [-0.15, -0.1) is 0 Å². The summed E-state index contributed by atoms with van der Waals surface area (Å²) in [7, 11) is 1.58. The van der Waals surface area contributed by atoms with Gasteiger partial charge >= 0.3 is 0 Å². The minimum Gasteiger partial charge on any atom is -0.494 e. The molecule has 21 heavy (non-hydrogen) atoms. The summed E-state index contributed by atoms with van der Waals surface area (Å²) in [6, 6.07) is 5.68. The number of carbonyl (C=O) groups is 1. The molecule has 1 fully saturated rings. The average Bonchev–Trinajstić information content (AvgIpc) is 2.47. The maximum Gasteiger partial charge on any atom is 0.219 e. The molecule has 7 heteroatoms. The number of hydrogen-bond donors (Lipinski definition) is 2. The molecule has 0 saturated carbocycles. The van der Waals surface area contributed by atoms with Gasteiger partial charge in [0.15, 0.2) is 5.96 Å². The molecule has 0 aromatic heterocycles. The monoisotopic (exact) mass is 291 g/mol. The van der Waals surface area contributed by atoms with Crippen LogP contribution in [0.1, 0.15) is 6.92 Å². The van der Waals surface area contributed by atoms with E-state index < -0.39 is 0 Å². The van der Waals surface area contributed by atoms with E-state index in [0.717, 1.165) is 31.9 Å². The van der Waals surface area contributed by atoms with Crippen molar-refractivity contribution in [3.8, 4) is 5.75 Å². The number of anilines is 1. The largest absolute Gasteiger partial charge is 0.494 e. The molecule has 2 rings (SSSR count). The summed E-state index contributed by atoms with van der Waals surface area (Å²) in [5, 5.41) is 0. The van der Waals surface area contributed by atoms with Gasteiger partial charge in [-0.25, -0.2) is 4.99 Å². The zero-order valence-corrected chi connectivity index (χ0v) is 12.4. The van der Waals surface area contributed by atoms with Crippen LogP contribution < -0.4 is 21.1 Å². The van der Waals surface area contributed by atoms with Gasteiger partial charge in [0, 0.05) is 44.9 Å². The third-order valence-corrected chi connectivity index (χ3v) is 3.50. The molecule has 1 aliphatic rings. The fraction of sp³-hybridized carbons (Fsp3) is 0.429. The molecule has 1 aromatic carbocycles. The number of carbonyl (C=O) groups excluding carboxylic acids is 1. The lowest BCUT2D eigenvalue weighted by Crippen LogP contribution is -2.48. The van der Waals surface area contributed by atoms with Gasteiger partial charge in [0.1, 0.15) is 11.4 Å². The standard InChI is InChI=1S/C14H21N5O2/c1-10(20)18-5-7-19(8-6-18)11-3-4-12(17-14(15)16)13(9-11)21-2/h3-4,9H,5-8H2,1-2H3,(H4,15,16,17). The lowest BCUT2D eigenvalue weighted by molar-refractivity contribution is -0.129. The topological polar surface area (TPSA) is 97.2 Å². The number of guanidine groups is 1. The highest BCUT2D eigenvalue weighted by molar-refractivity contribution is 5.80. The van der Waals surface area contributed by atoms with Crippen molar-refractivity contribution in [2.45, 2.75) is 6.92 Å². The van der Waals surface area contributed by atoms with E-state index in [0.29, 0.717) is 11.4 Å². The number of nitrogens with zero attached hydrogens (tertiary/aromatic N) is 3. The average molecular weight is 291 g/mol. The smallest absolute Gasteiger partial charge is 0.219 e. The van der Waals surface area contributed by atoms with Gasteiger partial charge in [0.25, 0.3) is 0 Å². The number of methoxy groups -OCH3 is 1. The number of piperazine rings is 1.